The topological polar surface area (TPSA) is 59.8 Å². The zero-order valence-electron chi connectivity index (χ0n) is 16.1. The first-order chi connectivity index (χ1) is 13.0. The van der Waals surface area contributed by atoms with Crippen molar-refractivity contribution in [3.8, 4) is 5.69 Å². The summed E-state index contributed by atoms with van der Waals surface area (Å²) in [6.45, 7) is 8.20. The molecule has 0 saturated heterocycles. The third-order valence-corrected chi connectivity index (χ3v) is 5.45. The smallest absolute Gasteiger partial charge is 0.234 e. The van der Waals surface area contributed by atoms with Gasteiger partial charge in [0.05, 0.1) is 5.75 Å². The number of aryl methyl sites for hydroxylation is 4. The van der Waals surface area contributed by atoms with Crippen LogP contribution in [0.2, 0.25) is 0 Å². The summed E-state index contributed by atoms with van der Waals surface area (Å²) in [6.07, 6.45) is 0.984. The number of carbonyl (C=O) groups is 1. The van der Waals surface area contributed by atoms with E-state index < -0.39 is 0 Å². The second-order valence-electron chi connectivity index (χ2n) is 6.52. The van der Waals surface area contributed by atoms with E-state index in [4.69, 9.17) is 0 Å². The van der Waals surface area contributed by atoms with Gasteiger partial charge < -0.3 is 5.32 Å². The maximum absolute atomic E-state index is 12.3. The van der Waals surface area contributed by atoms with Crippen LogP contribution in [0.3, 0.4) is 0 Å². The number of rotatable bonds is 6. The molecule has 1 N–H and O–H groups in total. The number of aromatic nitrogens is 3. The predicted molar refractivity (Wildman–Crippen MR) is 111 cm³/mol. The minimum atomic E-state index is -0.0588. The van der Waals surface area contributed by atoms with Crippen LogP contribution in [-0.4, -0.2) is 26.4 Å². The molecule has 0 radical (unpaired) electrons. The lowest BCUT2D eigenvalue weighted by Crippen LogP contribution is -2.14. The second-order valence-corrected chi connectivity index (χ2v) is 7.46. The fourth-order valence-electron chi connectivity index (χ4n) is 2.75. The van der Waals surface area contributed by atoms with Crippen LogP contribution in [-0.2, 0) is 11.2 Å². The summed E-state index contributed by atoms with van der Waals surface area (Å²) in [5, 5.41) is 12.1. The Kier molecular flexibility index (Phi) is 5.96. The van der Waals surface area contributed by atoms with Crippen molar-refractivity contribution in [1.82, 2.24) is 14.8 Å². The van der Waals surface area contributed by atoms with E-state index in [1.165, 1.54) is 28.5 Å². The number of benzene rings is 2. The molecule has 140 valence electrons. The maximum Gasteiger partial charge on any atom is 0.234 e. The average Bonchev–Trinajstić information content (AvgIpc) is 3.03. The molecule has 0 bridgehead atoms. The van der Waals surface area contributed by atoms with Gasteiger partial charge in [-0.15, -0.1) is 10.2 Å². The Morgan fingerprint density at radius 2 is 1.78 bits per heavy atom. The van der Waals surface area contributed by atoms with Crippen molar-refractivity contribution in [3.63, 3.8) is 0 Å². The van der Waals surface area contributed by atoms with Crippen molar-refractivity contribution >= 4 is 23.4 Å². The van der Waals surface area contributed by atoms with E-state index in [-0.39, 0.29) is 11.7 Å². The molecule has 0 saturated carbocycles. The van der Waals surface area contributed by atoms with Crippen LogP contribution < -0.4 is 5.32 Å². The van der Waals surface area contributed by atoms with Crippen molar-refractivity contribution in [2.24, 2.45) is 0 Å². The number of anilines is 1. The molecule has 1 aromatic heterocycles. The molecule has 5 nitrogen and oxygen atoms in total. The van der Waals surface area contributed by atoms with Gasteiger partial charge in [-0.05, 0) is 68.1 Å². The third-order valence-electron chi connectivity index (χ3n) is 4.52. The quantitative estimate of drug-likeness (QED) is 0.640. The monoisotopic (exact) mass is 380 g/mol. The number of hydrogen-bond acceptors (Lipinski definition) is 4. The van der Waals surface area contributed by atoms with E-state index in [0.29, 0.717) is 5.16 Å². The molecule has 27 heavy (non-hydrogen) atoms. The average molecular weight is 381 g/mol. The zero-order chi connectivity index (χ0) is 19.4. The largest absolute Gasteiger partial charge is 0.325 e. The van der Waals surface area contributed by atoms with Gasteiger partial charge in [0.25, 0.3) is 0 Å². The highest BCUT2D eigenvalue weighted by Crippen LogP contribution is 2.23. The number of hydrogen-bond donors (Lipinski definition) is 1. The zero-order valence-corrected chi connectivity index (χ0v) is 16.9. The van der Waals surface area contributed by atoms with Gasteiger partial charge in [-0.1, -0.05) is 36.9 Å². The molecule has 2 aromatic carbocycles. The van der Waals surface area contributed by atoms with Gasteiger partial charge >= 0.3 is 0 Å². The summed E-state index contributed by atoms with van der Waals surface area (Å²) >= 11 is 1.39. The molecule has 1 amide bonds. The maximum atomic E-state index is 12.3. The van der Waals surface area contributed by atoms with E-state index in [2.05, 4.69) is 54.5 Å². The summed E-state index contributed by atoms with van der Waals surface area (Å²) in [4.78, 5) is 12.3. The predicted octanol–water partition coefficient (Wildman–Crippen LogP) is 4.49. The molecule has 6 heteroatoms. The Labute approximate surface area is 164 Å². The van der Waals surface area contributed by atoms with Gasteiger partial charge in [0, 0.05) is 11.4 Å². The van der Waals surface area contributed by atoms with Crippen molar-refractivity contribution in [2.45, 2.75) is 39.3 Å². The Hall–Kier alpha value is -2.60. The standard InChI is InChI=1S/C21H24N4OS/c1-5-17-7-9-18(10-8-17)22-20(26)13-27-21-24-23-16(4)25(21)19-11-6-14(2)15(3)12-19/h6-12H,5,13H2,1-4H3,(H,22,26). The van der Waals surface area contributed by atoms with Gasteiger partial charge in [0.15, 0.2) is 5.16 Å². The highest BCUT2D eigenvalue weighted by atomic mass is 32.2. The number of carbonyl (C=O) groups excluding carboxylic acids is 1. The Balaban J connectivity index is 1.69. The molecule has 0 aliphatic rings. The van der Waals surface area contributed by atoms with Gasteiger partial charge in [0.2, 0.25) is 5.91 Å². The van der Waals surface area contributed by atoms with Crippen LogP contribution in [0, 0.1) is 20.8 Å². The molecule has 0 aliphatic heterocycles. The lowest BCUT2D eigenvalue weighted by atomic mass is 10.1. The van der Waals surface area contributed by atoms with E-state index in [0.717, 1.165) is 23.6 Å². The Morgan fingerprint density at radius 1 is 1.04 bits per heavy atom. The fraction of sp³-hybridized carbons (Fsp3) is 0.286. The van der Waals surface area contributed by atoms with Crippen LogP contribution in [0.1, 0.15) is 29.4 Å². The molecule has 0 spiro atoms. The Morgan fingerprint density at radius 3 is 2.44 bits per heavy atom. The highest BCUT2D eigenvalue weighted by Gasteiger charge is 2.14. The van der Waals surface area contributed by atoms with Crippen molar-refractivity contribution in [2.75, 3.05) is 11.1 Å². The second kappa shape index (κ2) is 8.39. The molecular weight excluding hydrogens is 356 g/mol. The summed E-state index contributed by atoms with van der Waals surface area (Å²) in [5.74, 6) is 1.02. The first-order valence-corrected chi connectivity index (χ1v) is 9.97. The number of amides is 1. The summed E-state index contributed by atoms with van der Waals surface area (Å²) in [7, 11) is 0. The van der Waals surface area contributed by atoms with Crippen molar-refractivity contribution in [3.05, 3.63) is 65.0 Å². The molecule has 3 aromatic rings. The van der Waals surface area contributed by atoms with Crippen molar-refractivity contribution in [1.29, 1.82) is 0 Å². The van der Waals surface area contributed by atoms with E-state index >= 15 is 0 Å². The first-order valence-electron chi connectivity index (χ1n) is 8.99. The number of thioether (sulfide) groups is 1. The lowest BCUT2D eigenvalue weighted by Gasteiger charge is -2.10. The minimum absolute atomic E-state index is 0.0588. The van der Waals surface area contributed by atoms with E-state index in [1.807, 2.05) is 35.8 Å². The fourth-order valence-corrected chi connectivity index (χ4v) is 3.55. The third kappa shape index (κ3) is 4.57. The molecule has 1 heterocycles. The van der Waals surface area contributed by atoms with Gasteiger partial charge in [-0.2, -0.15) is 0 Å². The first kappa shape index (κ1) is 19.2. The van der Waals surface area contributed by atoms with Gasteiger partial charge in [-0.3, -0.25) is 9.36 Å². The molecular formula is C21H24N4OS. The summed E-state index contributed by atoms with van der Waals surface area (Å²) in [5.41, 5.74) is 5.53. The highest BCUT2D eigenvalue weighted by molar-refractivity contribution is 7.99. The normalized spacial score (nSPS) is 10.8. The molecule has 0 fully saturated rings. The Bertz CT molecular complexity index is 947. The lowest BCUT2D eigenvalue weighted by molar-refractivity contribution is -0.113. The van der Waals surface area contributed by atoms with E-state index in [1.54, 1.807) is 0 Å². The molecule has 3 rings (SSSR count). The van der Waals surface area contributed by atoms with Crippen molar-refractivity contribution < 1.29 is 4.79 Å². The summed E-state index contributed by atoms with van der Waals surface area (Å²) < 4.78 is 1.99. The summed E-state index contributed by atoms with van der Waals surface area (Å²) in [6, 6.07) is 14.2. The molecule has 0 atom stereocenters. The van der Waals surface area contributed by atoms with E-state index in [9.17, 15) is 4.79 Å². The van der Waals surface area contributed by atoms with Crippen LogP contribution >= 0.6 is 11.8 Å². The van der Waals surface area contributed by atoms with Crippen LogP contribution in [0.25, 0.3) is 5.69 Å². The minimum Gasteiger partial charge on any atom is -0.325 e. The van der Waals surface area contributed by atoms with Crippen LogP contribution in [0.4, 0.5) is 5.69 Å². The molecule has 0 unspecified atom stereocenters. The van der Waals surface area contributed by atoms with Crippen LogP contribution in [0.5, 0.6) is 0 Å². The van der Waals surface area contributed by atoms with Crippen LogP contribution in [0.15, 0.2) is 47.6 Å². The number of nitrogens with one attached hydrogen (secondary N) is 1. The molecule has 0 aliphatic carbocycles. The van der Waals surface area contributed by atoms with Gasteiger partial charge in [-0.25, -0.2) is 0 Å². The number of nitrogens with zero attached hydrogens (tertiary/aromatic N) is 3. The SMILES string of the molecule is CCc1ccc(NC(=O)CSc2nnc(C)n2-c2ccc(C)c(C)c2)cc1. The van der Waals surface area contributed by atoms with Gasteiger partial charge in [0.1, 0.15) is 5.82 Å².